The lowest BCUT2D eigenvalue weighted by atomic mass is 9.95. The first-order valence-electron chi connectivity index (χ1n) is 13.5. The minimum Gasteiger partial charge on any atom is -0.485 e. The molecule has 3 aromatic rings. The predicted octanol–water partition coefficient (Wildman–Crippen LogP) is 4.68. The molecule has 9 nitrogen and oxygen atoms in total. The topological polar surface area (TPSA) is 99.5 Å². The summed E-state index contributed by atoms with van der Waals surface area (Å²) in [6.07, 6.45) is 4.21. The highest BCUT2D eigenvalue weighted by atomic mass is 16.7. The third kappa shape index (κ3) is 5.39. The molecule has 0 radical (unpaired) electrons. The quantitative estimate of drug-likeness (QED) is 0.472. The highest BCUT2D eigenvalue weighted by Crippen LogP contribution is 2.36. The molecule has 0 bridgehead atoms. The van der Waals surface area contributed by atoms with E-state index in [1.165, 1.54) is 11.3 Å². The Bertz CT molecular complexity index is 1350. The van der Waals surface area contributed by atoms with Gasteiger partial charge in [-0.15, -0.1) is 0 Å². The lowest BCUT2D eigenvalue weighted by molar-refractivity contribution is -0.150. The largest absolute Gasteiger partial charge is 0.485 e. The van der Waals surface area contributed by atoms with Crippen molar-refractivity contribution in [1.29, 1.82) is 0 Å². The number of hydrogen-bond donors (Lipinski definition) is 1. The number of nitrogens with zero attached hydrogens (tertiary/aromatic N) is 1. The van der Waals surface area contributed by atoms with Gasteiger partial charge in [0.15, 0.2) is 29.0 Å². The van der Waals surface area contributed by atoms with Gasteiger partial charge in [-0.1, -0.05) is 37.5 Å². The predicted molar refractivity (Wildman–Crippen MR) is 141 cm³/mol. The Morgan fingerprint density at radius 2 is 1.69 bits per heavy atom. The fraction of sp³-hybridized carbons (Fsp3) is 0.400. The van der Waals surface area contributed by atoms with E-state index in [9.17, 15) is 9.59 Å². The molecule has 9 heteroatoms. The molecule has 3 heterocycles. The number of ether oxygens (including phenoxy) is 4. The van der Waals surface area contributed by atoms with E-state index < -0.39 is 12.1 Å². The van der Waals surface area contributed by atoms with Crippen LogP contribution in [0, 0.1) is 6.92 Å². The van der Waals surface area contributed by atoms with Crippen LogP contribution in [-0.4, -0.2) is 42.3 Å². The van der Waals surface area contributed by atoms with Crippen LogP contribution in [0.4, 0.5) is 0 Å². The zero-order valence-corrected chi connectivity index (χ0v) is 21.9. The maximum Gasteiger partial charge on any atom is 0.268 e. The van der Waals surface area contributed by atoms with Crippen LogP contribution in [0.15, 0.2) is 59.0 Å². The number of fused-ring (bicyclic) bond motifs is 2. The number of benzene rings is 2. The van der Waals surface area contributed by atoms with Crippen LogP contribution in [0.3, 0.4) is 0 Å². The van der Waals surface area contributed by atoms with Crippen molar-refractivity contribution in [2.45, 2.75) is 63.8 Å². The van der Waals surface area contributed by atoms with Crippen molar-refractivity contribution in [1.82, 2.24) is 10.2 Å². The molecule has 2 aliphatic heterocycles. The maximum atomic E-state index is 14.2. The Morgan fingerprint density at radius 3 is 2.49 bits per heavy atom. The Hall–Kier alpha value is -4.14. The van der Waals surface area contributed by atoms with Gasteiger partial charge in [0.25, 0.3) is 11.8 Å². The molecule has 2 aromatic carbocycles. The second kappa shape index (κ2) is 10.9. The van der Waals surface area contributed by atoms with Crippen molar-refractivity contribution in [2.75, 3.05) is 13.4 Å². The molecule has 1 fully saturated rings. The zero-order chi connectivity index (χ0) is 26.8. The van der Waals surface area contributed by atoms with E-state index in [0.717, 1.165) is 31.2 Å². The van der Waals surface area contributed by atoms with E-state index >= 15 is 0 Å². The second-order valence-electron chi connectivity index (χ2n) is 10.2. The highest BCUT2D eigenvalue weighted by Gasteiger charge is 2.40. The molecule has 1 saturated carbocycles. The maximum absolute atomic E-state index is 14.2. The smallest absolute Gasteiger partial charge is 0.268 e. The van der Waals surface area contributed by atoms with Crippen molar-refractivity contribution >= 4 is 11.8 Å². The summed E-state index contributed by atoms with van der Waals surface area (Å²) < 4.78 is 28.9. The average Bonchev–Trinajstić information content (AvgIpc) is 3.61. The first-order valence-corrected chi connectivity index (χ1v) is 13.5. The molecule has 204 valence electrons. The molecule has 1 aromatic heterocycles. The first kappa shape index (κ1) is 25.2. The molecule has 2 unspecified atom stereocenters. The van der Waals surface area contributed by atoms with Gasteiger partial charge in [0, 0.05) is 12.6 Å². The number of furan rings is 1. The molecule has 39 heavy (non-hydrogen) atoms. The lowest BCUT2D eigenvalue weighted by Crippen LogP contribution is -2.52. The van der Waals surface area contributed by atoms with Gasteiger partial charge in [-0.3, -0.25) is 9.59 Å². The number of amides is 2. The van der Waals surface area contributed by atoms with Gasteiger partial charge in [-0.2, -0.15) is 0 Å². The molecule has 1 N–H and O–H groups in total. The van der Waals surface area contributed by atoms with Crippen molar-refractivity contribution in [2.24, 2.45) is 0 Å². The Morgan fingerprint density at radius 1 is 0.923 bits per heavy atom. The number of para-hydroxylation sites is 2. The van der Waals surface area contributed by atoms with Crippen LogP contribution in [0.5, 0.6) is 23.0 Å². The van der Waals surface area contributed by atoms with E-state index in [4.69, 9.17) is 23.4 Å². The van der Waals surface area contributed by atoms with Gasteiger partial charge in [0.05, 0.1) is 0 Å². The van der Waals surface area contributed by atoms with Crippen LogP contribution < -0.4 is 24.3 Å². The van der Waals surface area contributed by atoms with E-state index in [2.05, 4.69) is 5.32 Å². The van der Waals surface area contributed by atoms with Crippen LogP contribution in [-0.2, 0) is 16.1 Å². The summed E-state index contributed by atoms with van der Waals surface area (Å²) in [7, 11) is 0. The van der Waals surface area contributed by atoms with Gasteiger partial charge in [-0.05, 0) is 61.7 Å². The van der Waals surface area contributed by atoms with Gasteiger partial charge in [0.1, 0.15) is 18.1 Å². The summed E-state index contributed by atoms with van der Waals surface area (Å²) in [4.78, 5) is 29.7. The molecule has 3 aliphatic rings. The lowest BCUT2D eigenvalue weighted by Gasteiger charge is -2.35. The molecular formula is C30H32N2O7. The summed E-state index contributed by atoms with van der Waals surface area (Å²) in [6.45, 7) is 2.12. The zero-order valence-electron chi connectivity index (χ0n) is 21.9. The number of nitrogens with one attached hydrogen (secondary N) is 1. The van der Waals surface area contributed by atoms with E-state index in [0.29, 0.717) is 34.5 Å². The standard InChI is InChI=1S/C30H32N2O7/c1-19-11-13-25(38-19)28(29(33)31-21-7-3-2-4-8-21)32(16-20-12-14-23-26(15-20)37-18-36-23)30(34)27-17-35-22-9-5-6-10-24(22)39-27/h5-6,9-15,21,27-28H,2-4,7-8,16-18H2,1H3,(H,31,33). The molecule has 2 amide bonds. The monoisotopic (exact) mass is 532 g/mol. The van der Waals surface area contributed by atoms with Crippen molar-refractivity contribution in [3.63, 3.8) is 0 Å². The third-order valence-electron chi connectivity index (χ3n) is 7.40. The van der Waals surface area contributed by atoms with Crippen LogP contribution in [0.2, 0.25) is 0 Å². The Labute approximate surface area is 227 Å². The SMILES string of the molecule is Cc1ccc(C(C(=O)NC2CCCCC2)N(Cc2ccc3c(c2)OCO3)C(=O)C2COc3ccccc3O2)o1. The minimum atomic E-state index is -1.00. The van der Waals surface area contributed by atoms with Crippen LogP contribution >= 0.6 is 0 Å². The molecule has 0 saturated heterocycles. The second-order valence-corrected chi connectivity index (χ2v) is 10.2. The van der Waals surface area contributed by atoms with Gasteiger partial charge in [-0.25, -0.2) is 0 Å². The normalized spacial score (nSPS) is 18.8. The summed E-state index contributed by atoms with van der Waals surface area (Å²) >= 11 is 0. The first-order chi connectivity index (χ1) is 19.0. The third-order valence-corrected chi connectivity index (χ3v) is 7.40. The summed E-state index contributed by atoms with van der Waals surface area (Å²) in [6, 6.07) is 15.4. The minimum absolute atomic E-state index is 0.0294. The van der Waals surface area contributed by atoms with Crippen LogP contribution in [0.25, 0.3) is 0 Å². The van der Waals surface area contributed by atoms with Gasteiger partial charge in [0.2, 0.25) is 12.9 Å². The van der Waals surface area contributed by atoms with Crippen LogP contribution in [0.1, 0.15) is 55.2 Å². The summed E-state index contributed by atoms with van der Waals surface area (Å²) in [5.41, 5.74) is 0.781. The number of rotatable bonds is 7. The number of carbonyl (C=O) groups excluding carboxylic acids is 2. The number of hydrogen-bond acceptors (Lipinski definition) is 7. The Kier molecular flexibility index (Phi) is 7.04. The fourth-order valence-electron chi connectivity index (χ4n) is 5.41. The van der Waals surface area contributed by atoms with Gasteiger partial charge < -0.3 is 33.6 Å². The van der Waals surface area contributed by atoms with Crippen molar-refractivity contribution < 1.29 is 33.0 Å². The molecular weight excluding hydrogens is 500 g/mol. The van der Waals surface area contributed by atoms with E-state index in [1.807, 2.05) is 37.3 Å². The Balaban J connectivity index is 1.35. The average molecular weight is 533 g/mol. The molecule has 2 atom stereocenters. The summed E-state index contributed by atoms with van der Waals surface area (Å²) in [5, 5.41) is 3.20. The highest BCUT2D eigenvalue weighted by molar-refractivity contribution is 5.90. The molecule has 1 aliphatic carbocycles. The molecule has 0 spiro atoms. The van der Waals surface area contributed by atoms with Crippen molar-refractivity contribution in [3.8, 4) is 23.0 Å². The fourth-order valence-corrected chi connectivity index (χ4v) is 5.41. The molecule has 6 rings (SSSR count). The number of aryl methyl sites for hydroxylation is 1. The van der Waals surface area contributed by atoms with E-state index in [1.54, 1.807) is 24.3 Å². The number of carbonyl (C=O) groups is 2. The van der Waals surface area contributed by atoms with E-state index in [-0.39, 0.29) is 37.8 Å². The van der Waals surface area contributed by atoms with Crippen molar-refractivity contribution in [3.05, 3.63) is 71.7 Å². The van der Waals surface area contributed by atoms with Gasteiger partial charge >= 0.3 is 0 Å². The summed E-state index contributed by atoms with van der Waals surface area (Å²) in [5.74, 6) is 2.71.